The molecule has 8 heteroatoms. The lowest BCUT2D eigenvalue weighted by atomic mass is 10.1. The van der Waals surface area contributed by atoms with Gasteiger partial charge in [-0.3, -0.25) is 4.90 Å². The number of hydrogen-bond donors (Lipinski definition) is 1. The lowest BCUT2D eigenvalue weighted by molar-refractivity contribution is 0.0147. The number of para-hydroxylation sites is 1. The van der Waals surface area contributed by atoms with Crippen LogP contribution >= 0.6 is 0 Å². The molecule has 3 rings (SSSR count). The van der Waals surface area contributed by atoms with E-state index in [9.17, 15) is 5.11 Å². The Balaban J connectivity index is 2.00. The van der Waals surface area contributed by atoms with Gasteiger partial charge in [0.1, 0.15) is 11.5 Å². The van der Waals surface area contributed by atoms with Gasteiger partial charge in [0.2, 0.25) is 5.88 Å². The van der Waals surface area contributed by atoms with Crippen LogP contribution in [0.25, 0.3) is 5.69 Å². The highest BCUT2D eigenvalue weighted by molar-refractivity contribution is 5.44. The lowest BCUT2D eigenvalue weighted by Crippen LogP contribution is -2.36. The summed E-state index contributed by atoms with van der Waals surface area (Å²) < 4.78 is 24.5. The van der Waals surface area contributed by atoms with Crippen molar-refractivity contribution >= 4 is 0 Å². The van der Waals surface area contributed by atoms with Gasteiger partial charge in [0.05, 0.1) is 43.4 Å². The molecular weight excluding hydrogens is 446 g/mol. The zero-order valence-electron chi connectivity index (χ0n) is 21.1. The summed E-state index contributed by atoms with van der Waals surface area (Å²) in [7, 11) is 3.31. The molecule has 0 aliphatic rings. The van der Waals surface area contributed by atoms with Crippen molar-refractivity contribution < 1.29 is 24.1 Å². The molecule has 0 amide bonds. The van der Waals surface area contributed by atoms with E-state index in [1.807, 2.05) is 66.2 Å². The van der Waals surface area contributed by atoms with Crippen LogP contribution in [0.5, 0.6) is 17.4 Å². The van der Waals surface area contributed by atoms with Crippen LogP contribution in [0.3, 0.4) is 0 Å². The normalized spacial score (nSPS) is 12.2. The fourth-order valence-electron chi connectivity index (χ4n) is 3.83. The smallest absolute Gasteiger partial charge is 0.227 e. The van der Waals surface area contributed by atoms with Crippen molar-refractivity contribution in [3.05, 3.63) is 65.9 Å². The number of aliphatic hydroxyl groups is 1. The molecule has 8 nitrogen and oxygen atoms in total. The third kappa shape index (κ3) is 7.53. The molecule has 0 unspecified atom stereocenters. The van der Waals surface area contributed by atoms with E-state index in [2.05, 4.69) is 11.8 Å². The number of aryl methyl sites for hydroxylation is 1. The summed E-state index contributed by atoms with van der Waals surface area (Å²) >= 11 is 0. The first kappa shape index (κ1) is 26.7. The number of aliphatic hydroxyl groups excluding tert-OH is 1. The number of methoxy groups -OCH3 is 2. The summed E-state index contributed by atoms with van der Waals surface area (Å²) in [5, 5.41) is 15.4. The number of hydrogen-bond acceptors (Lipinski definition) is 7. The Bertz CT molecular complexity index is 1020. The molecule has 0 spiro atoms. The summed E-state index contributed by atoms with van der Waals surface area (Å²) in [5.74, 6) is 2.01. The Kier molecular flexibility index (Phi) is 10.6. The number of nitrogens with zero attached hydrogens (tertiary/aromatic N) is 3. The molecule has 0 bridgehead atoms. The Labute approximate surface area is 208 Å². The Morgan fingerprint density at radius 3 is 2.49 bits per heavy atom. The van der Waals surface area contributed by atoms with Gasteiger partial charge >= 0.3 is 0 Å². The van der Waals surface area contributed by atoms with Crippen molar-refractivity contribution in [3.8, 4) is 23.1 Å². The number of rotatable bonds is 15. The molecule has 0 aliphatic heterocycles. The third-order valence-electron chi connectivity index (χ3n) is 5.59. The molecule has 1 heterocycles. The van der Waals surface area contributed by atoms with Crippen LogP contribution in [-0.2, 0) is 22.4 Å². The van der Waals surface area contributed by atoms with E-state index in [-0.39, 0.29) is 6.61 Å². The molecule has 2 aromatic carbocycles. The standard InChI is InChI=1S/C27H37N3O5/c1-5-26-25(19-29(15-16-32-3)18-22(31)20-34-6-2)27(30(28-26)21-11-8-7-9-12-21)35-24-14-10-13-23(17-24)33-4/h7-14,17,22,31H,5-6,15-16,18-20H2,1-4H3/t22-/m0/s1. The molecule has 3 aromatic rings. The van der Waals surface area contributed by atoms with E-state index in [1.165, 1.54) is 0 Å². The molecule has 35 heavy (non-hydrogen) atoms. The van der Waals surface area contributed by atoms with Crippen molar-refractivity contribution in [2.24, 2.45) is 0 Å². The Hall–Kier alpha value is -2.91. The minimum atomic E-state index is -0.608. The van der Waals surface area contributed by atoms with Crippen molar-refractivity contribution in [1.29, 1.82) is 0 Å². The van der Waals surface area contributed by atoms with Gasteiger partial charge in [-0.2, -0.15) is 5.10 Å². The summed E-state index contributed by atoms with van der Waals surface area (Å²) in [5.41, 5.74) is 2.82. The van der Waals surface area contributed by atoms with Crippen LogP contribution in [0.4, 0.5) is 0 Å². The van der Waals surface area contributed by atoms with Gasteiger partial charge in [-0.1, -0.05) is 31.2 Å². The number of benzene rings is 2. The molecule has 0 radical (unpaired) electrons. The zero-order chi connectivity index (χ0) is 25.0. The maximum absolute atomic E-state index is 10.5. The van der Waals surface area contributed by atoms with E-state index in [4.69, 9.17) is 24.0 Å². The van der Waals surface area contributed by atoms with Crippen LogP contribution in [-0.4, -0.2) is 73.0 Å². The van der Waals surface area contributed by atoms with E-state index in [1.54, 1.807) is 14.2 Å². The van der Waals surface area contributed by atoms with Gasteiger partial charge in [-0.25, -0.2) is 4.68 Å². The Morgan fingerprint density at radius 2 is 1.80 bits per heavy atom. The first-order valence-corrected chi connectivity index (χ1v) is 12.0. The lowest BCUT2D eigenvalue weighted by Gasteiger charge is -2.25. The zero-order valence-corrected chi connectivity index (χ0v) is 21.1. The quantitative estimate of drug-likeness (QED) is 0.349. The molecule has 1 aromatic heterocycles. The van der Waals surface area contributed by atoms with E-state index in [0.717, 1.165) is 23.4 Å². The minimum Gasteiger partial charge on any atom is -0.497 e. The largest absolute Gasteiger partial charge is 0.497 e. The molecule has 1 atom stereocenters. The molecular formula is C27H37N3O5. The summed E-state index contributed by atoms with van der Waals surface area (Å²) in [4.78, 5) is 2.15. The van der Waals surface area contributed by atoms with Crippen LogP contribution in [0.15, 0.2) is 54.6 Å². The molecule has 0 aliphatic carbocycles. The highest BCUT2D eigenvalue weighted by Crippen LogP contribution is 2.33. The first-order chi connectivity index (χ1) is 17.1. The molecule has 0 saturated carbocycles. The van der Waals surface area contributed by atoms with E-state index in [0.29, 0.717) is 50.2 Å². The second-order valence-electron chi connectivity index (χ2n) is 8.15. The van der Waals surface area contributed by atoms with E-state index < -0.39 is 6.10 Å². The molecule has 0 saturated heterocycles. The average Bonchev–Trinajstić information content (AvgIpc) is 3.23. The maximum Gasteiger partial charge on any atom is 0.227 e. The number of aromatic nitrogens is 2. The highest BCUT2D eigenvalue weighted by atomic mass is 16.5. The van der Waals surface area contributed by atoms with Crippen molar-refractivity contribution in [3.63, 3.8) is 0 Å². The SMILES string of the molecule is CCOC[C@@H](O)CN(CCOC)Cc1c(CC)nn(-c2ccccc2)c1Oc1cccc(OC)c1. The van der Waals surface area contributed by atoms with Crippen LogP contribution < -0.4 is 9.47 Å². The maximum atomic E-state index is 10.5. The second-order valence-corrected chi connectivity index (χ2v) is 8.15. The predicted octanol–water partition coefficient (Wildman–Crippen LogP) is 4.08. The van der Waals surface area contributed by atoms with Crippen molar-refractivity contribution in [2.45, 2.75) is 32.9 Å². The fraction of sp³-hybridized carbons (Fsp3) is 0.444. The van der Waals surface area contributed by atoms with Gasteiger partial charge in [0.15, 0.2) is 0 Å². The minimum absolute atomic E-state index is 0.289. The average molecular weight is 484 g/mol. The predicted molar refractivity (Wildman–Crippen MR) is 136 cm³/mol. The fourth-order valence-corrected chi connectivity index (χ4v) is 3.83. The topological polar surface area (TPSA) is 78.2 Å². The summed E-state index contributed by atoms with van der Waals surface area (Å²) in [6.07, 6.45) is 0.132. The van der Waals surface area contributed by atoms with Gasteiger partial charge in [0, 0.05) is 39.4 Å². The summed E-state index contributed by atoms with van der Waals surface area (Å²) in [6, 6.07) is 17.5. The van der Waals surface area contributed by atoms with Crippen molar-refractivity contribution in [2.75, 3.05) is 47.1 Å². The van der Waals surface area contributed by atoms with E-state index >= 15 is 0 Å². The highest BCUT2D eigenvalue weighted by Gasteiger charge is 2.24. The van der Waals surface area contributed by atoms with Crippen molar-refractivity contribution in [1.82, 2.24) is 14.7 Å². The Morgan fingerprint density at radius 1 is 1.03 bits per heavy atom. The monoisotopic (exact) mass is 483 g/mol. The van der Waals surface area contributed by atoms with Gasteiger partial charge in [-0.05, 0) is 37.6 Å². The third-order valence-corrected chi connectivity index (χ3v) is 5.59. The summed E-state index contributed by atoms with van der Waals surface area (Å²) in [6.45, 7) is 7.04. The van der Waals surface area contributed by atoms with Gasteiger partial charge < -0.3 is 24.1 Å². The molecule has 1 N–H and O–H groups in total. The van der Waals surface area contributed by atoms with Gasteiger partial charge in [0.25, 0.3) is 0 Å². The molecule has 190 valence electrons. The first-order valence-electron chi connectivity index (χ1n) is 12.0. The van der Waals surface area contributed by atoms with Gasteiger partial charge in [-0.15, -0.1) is 0 Å². The second kappa shape index (κ2) is 13.8. The number of ether oxygens (including phenoxy) is 4. The van der Waals surface area contributed by atoms with Crippen LogP contribution in [0.2, 0.25) is 0 Å². The van der Waals surface area contributed by atoms with Crippen LogP contribution in [0.1, 0.15) is 25.1 Å². The van der Waals surface area contributed by atoms with Crippen LogP contribution in [0, 0.1) is 0 Å². The molecule has 0 fully saturated rings.